The van der Waals surface area contributed by atoms with Crippen molar-refractivity contribution in [1.82, 2.24) is 19.8 Å². The molecule has 240 valence electrons. The maximum Gasteiger partial charge on any atom is 0.416 e. The molecule has 0 aliphatic carbocycles. The minimum absolute atomic E-state index is 0.0859. The molecule has 3 aromatic carbocycles. The molecule has 1 aliphatic rings. The van der Waals surface area contributed by atoms with Gasteiger partial charge >= 0.3 is 6.18 Å². The molecule has 0 bridgehead atoms. The summed E-state index contributed by atoms with van der Waals surface area (Å²) in [4.78, 5) is 29.2. The lowest BCUT2D eigenvalue weighted by atomic mass is 9.80. The van der Waals surface area contributed by atoms with Crippen molar-refractivity contribution in [3.05, 3.63) is 125 Å². The van der Waals surface area contributed by atoms with Gasteiger partial charge in [0.15, 0.2) is 0 Å². The van der Waals surface area contributed by atoms with E-state index in [1.54, 1.807) is 44.2 Å². The minimum Gasteiger partial charge on any atom is -0.339 e. The Morgan fingerprint density at radius 3 is 2.35 bits per heavy atom. The number of nitrogens with one attached hydrogen (secondary N) is 2. The summed E-state index contributed by atoms with van der Waals surface area (Å²) < 4.78 is 83.5. The standard InChI is InChI=1S/C32H29F4N5O4S/c1-4-40-30-26(27(19(3)39-46(44,45)5-2)38-41(30)24-12-7-6-8-13-24)25(20-14-16-23(33)17-15-20)28(31(40)43)37-29(42)21-10-9-11-22(18-21)32(34,35)36/h5-19,25,28,39H,2,4H2,1,3H3,(H,37,42)/t19-,25+,28+/m1/s1. The molecule has 9 nitrogen and oxygen atoms in total. The van der Waals surface area contributed by atoms with E-state index in [4.69, 9.17) is 5.10 Å². The van der Waals surface area contributed by atoms with Gasteiger partial charge < -0.3 is 5.32 Å². The van der Waals surface area contributed by atoms with Gasteiger partial charge in [0.1, 0.15) is 17.7 Å². The van der Waals surface area contributed by atoms with E-state index in [0.717, 1.165) is 17.5 Å². The number of carbonyl (C=O) groups is 2. The second kappa shape index (κ2) is 12.5. The molecule has 3 atom stereocenters. The Labute approximate surface area is 262 Å². The predicted molar refractivity (Wildman–Crippen MR) is 163 cm³/mol. The van der Waals surface area contributed by atoms with Gasteiger partial charge in [-0.05, 0) is 61.9 Å². The lowest BCUT2D eigenvalue weighted by Gasteiger charge is -2.39. The molecule has 1 aliphatic heterocycles. The normalized spacial score (nSPS) is 17.3. The summed E-state index contributed by atoms with van der Waals surface area (Å²) in [6, 6.07) is 15.3. The summed E-state index contributed by atoms with van der Waals surface area (Å²) in [6.07, 6.45) is -4.71. The first-order valence-electron chi connectivity index (χ1n) is 14.1. The Morgan fingerprint density at radius 2 is 1.74 bits per heavy atom. The number of amides is 2. The molecule has 5 rings (SSSR count). The van der Waals surface area contributed by atoms with E-state index in [1.165, 1.54) is 39.9 Å². The van der Waals surface area contributed by atoms with Crippen LogP contribution in [0.4, 0.5) is 23.4 Å². The number of sulfonamides is 1. The summed E-state index contributed by atoms with van der Waals surface area (Å²) in [5.74, 6) is -2.90. The zero-order valence-electron chi connectivity index (χ0n) is 24.6. The fourth-order valence-corrected chi connectivity index (χ4v) is 6.24. The molecular weight excluding hydrogens is 626 g/mol. The molecule has 0 saturated heterocycles. The van der Waals surface area contributed by atoms with Crippen LogP contribution < -0.4 is 14.9 Å². The van der Waals surface area contributed by atoms with Crippen LogP contribution in [0.25, 0.3) is 5.69 Å². The van der Waals surface area contributed by atoms with Crippen LogP contribution in [0, 0.1) is 5.82 Å². The van der Waals surface area contributed by atoms with Gasteiger partial charge in [-0.3, -0.25) is 14.5 Å². The molecular formula is C32H29F4N5O4S. The quantitative estimate of drug-likeness (QED) is 0.233. The average molecular weight is 656 g/mol. The summed E-state index contributed by atoms with van der Waals surface area (Å²) >= 11 is 0. The molecule has 0 unspecified atom stereocenters. The van der Waals surface area contributed by atoms with Gasteiger partial charge in [0.2, 0.25) is 10.0 Å². The highest BCUT2D eigenvalue weighted by atomic mass is 32.2. The van der Waals surface area contributed by atoms with E-state index in [0.29, 0.717) is 22.9 Å². The number of alkyl halides is 3. The van der Waals surface area contributed by atoms with Crippen LogP contribution in [0.3, 0.4) is 0 Å². The highest BCUT2D eigenvalue weighted by molar-refractivity contribution is 7.92. The van der Waals surface area contributed by atoms with Gasteiger partial charge in [0.05, 0.1) is 23.0 Å². The Kier molecular flexibility index (Phi) is 8.87. The molecule has 0 saturated carbocycles. The molecule has 0 spiro atoms. The van der Waals surface area contributed by atoms with Crippen molar-refractivity contribution in [3.8, 4) is 5.69 Å². The van der Waals surface area contributed by atoms with Gasteiger partial charge in [0.25, 0.3) is 11.8 Å². The Morgan fingerprint density at radius 1 is 1.07 bits per heavy atom. The average Bonchev–Trinajstić information content (AvgIpc) is 3.42. The maximum absolute atomic E-state index is 14.3. The van der Waals surface area contributed by atoms with E-state index >= 15 is 0 Å². The SMILES string of the molecule is C=CS(=O)(=O)N[C@H](C)c1nn(-c2ccccc2)c2c1[C@H](c1ccc(F)cc1)[C@H](NC(=O)c1cccc(C(F)(F)F)c1)C(=O)N2CC. The van der Waals surface area contributed by atoms with Crippen LogP contribution in [0.5, 0.6) is 0 Å². The van der Waals surface area contributed by atoms with E-state index in [9.17, 15) is 35.6 Å². The number of anilines is 1. The van der Waals surface area contributed by atoms with Crippen molar-refractivity contribution in [2.75, 3.05) is 11.4 Å². The number of aromatic nitrogens is 2. The monoisotopic (exact) mass is 655 g/mol. The van der Waals surface area contributed by atoms with E-state index in [1.807, 2.05) is 0 Å². The lowest BCUT2D eigenvalue weighted by Crippen LogP contribution is -2.55. The molecule has 4 aromatic rings. The van der Waals surface area contributed by atoms with E-state index < -0.39 is 57.4 Å². The second-order valence-corrected chi connectivity index (χ2v) is 12.2. The first kappa shape index (κ1) is 32.6. The molecule has 46 heavy (non-hydrogen) atoms. The van der Waals surface area contributed by atoms with Gasteiger partial charge in [-0.25, -0.2) is 22.2 Å². The first-order chi connectivity index (χ1) is 21.8. The smallest absolute Gasteiger partial charge is 0.339 e. The van der Waals surface area contributed by atoms with Gasteiger partial charge in [-0.15, -0.1) is 0 Å². The number of carbonyl (C=O) groups excluding carboxylic acids is 2. The molecule has 14 heteroatoms. The van der Waals surface area contributed by atoms with Gasteiger partial charge in [-0.1, -0.05) is 43.0 Å². The highest BCUT2D eigenvalue weighted by Crippen LogP contribution is 2.45. The van der Waals surface area contributed by atoms with Crippen molar-refractivity contribution < 1.29 is 35.6 Å². The number of halogens is 4. The number of para-hydroxylation sites is 1. The Bertz CT molecular complexity index is 1890. The van der Waals surface area contributed by atoms with Crippen molar-refractivity contribution in [2.24, 2.45) is 0 Å². The molecule has 1 aromatic heterocycles. The molecule has 2 amide bonds. The fourth-order valence-electron chi connectivity index (χ4n) is 5.54. The summed E-state index contributed by atoms with van der Waals surface area (Å²) in [5.41, 5.74) is 0.0838. The molecule has 2 N–H and O–H groups in total. The number of benzene rings is 3. The zero-order chi connectivity index (χ0) is 33.4. The zero-order valence-corrected chi connectivity index (χ0v) is 25.4. The van der Waals surface area contributed by atoms with Crippen LogP contribution in [-0.4, -0.2) is 42.6 Å². The van der Waals surface area contributed by atoms with E-state index in [2.05, 4.69) is 16.6 Å². The van der Waals surface area contributed by atoms with Crippen molar-refractivity contribution in [2.45, 2.75) is 38.0 Å². The fraction of sp³-hybridized carbons (Fsp3) is 0.219. The van der Waals surface area contributed by atoms with Crippen LogP contribution in [-0.2, 0) is 21.0 Å². The Hall–Kier alpha value is -4.82. The van der Waals surface area contributed by atoms with Gasteiger partial charge in [0, 0.05) is 29.0 Å². The first-order valence-corrected chi connectivity index (χ1v) is 15.7. The summed E-state index contributed by atoms with van der Waals surface area (Å²) in [6.45, 7) is 6.66. The molecule has 0 radical (unpaired) electrons. The minimum atomic E-state index is -4.71. The van der Waals surface area contributed by atoms with Gasteiger partial charge in [-0.2, -0.15) is 18.3 Å². The number of hydrogen-bond acceptors (Lipinski definition) is 5. The Balaban J connectivity index is 1.75. The second-order valence-electron chi connectivity index (χ2n) is 10.6. The van der Waals surface area contributed by atoms with Crippen molar-refractivity contribution in [1.29, 1.82) is 0 Å². The number of fused-ring (bicyclic) bond motifs is 1. The predicted octanol–water partition coefficient (Wildman–Crippen LogP) is 5.45. The summed E-state index contributed by atoms with van der Waals surface area (Å²) in [7, 11) is -3.98. The largest absolute Gasteiger partial charge is 0.416 e. The molecule has 2 heterocycles. The highest BCUT2D eigenvalue weighted by Gasteiger charge is 2.47. The van der Waals surface area contributed by atoms with Crippen LogP contribution in [0.2, 0.25) is 0 Å². The molecule has 0 fully saturated rings. The number of likely N-dealkylation sites (N-methyl/N-ethyl adjacent to an activating group) is 1. The van der Waals surface area contributed by atoms with Crippen molar-refractivity contribution >= 4 is 27.7 Å². The number of rotatable bonds is 9. The topological polar surface area (TPSA) is 113 Å². The van der Waals surface area contributed by atoms with Crippen LogP contribution in [0.15, 0.2) is 90.8 Å². The van der Waals surface area contributed by atoms with Crippen molar-refractivity contribution in [3.63, 3.8) is 0 Å². The third-order valence-corrected chi connectivity index (χ3v) is 8.73. The van der Waals surface area contributed by atoms with Crippen LogP contribution >= 0.6 is 0 Å². The maximum atomic E-state index is 14.3. The third-order valence-electron chi connectivity index (χ3n) is 7.61. The number of hydrogen-bond donors (Lipinski definition) is 2. The number of nitrogens with zero attached hydrogens (tertiary/aromatic N) is 3. The summed E-state index contributed by atoms with van der Waals surface area (Å²) in [5, 5.41) is 8.13. The van der Waals surface area contributed by atoms with Crippen LogP contribution in [0.1, 0.15) is 58.5 Å². The lowest BCUT2D eigenvalue weighted by molar-refractivity contribution is -0.137. The van der Waals surface area contributed by atoms with E-state index in [-0.39, 0.29) is 23.6 Å². The third kappa shape index (κ3) is 6.30.